The number of fused-ring (bicyclic) bond motifs is 1. The molecular weight excluding hydrogens is 224 g/mol. The highest BCUT2D eigenvalue weighted by Crippen LogP contribution is 2.35. The maximum absolute atomic E-state index is 5.76. The van der Waals surface area contributed by atoms with Crippen molar-refractivity contribution in [3.63, 3.8) is 0 Å². The Bertz CT molecular complexity index is 407. The zero-order chi connectivity index (χ0) is 12.4. The number of para-hydroxylation sites is 1. The molecule has 0 saturated carbocycles. The van der Waals surface area contributed by atoms with E-state index in [0.717, 1.165) is 18.8 Å². The maximum Gasteiger partial charge on any atom is 0.124 e. The van der Waals surface area contributed by atoms with Crippen molar-refractivity contribution in [3.8, 4) is 5.75 Å². The van der Waals surface area contributed by atoms with Crippen LogP contribution in [0.1, 0.15) is 24.4 Å². The lowest BCUT2D eigenvalue weighted by Crippen LogP contribution is -2.35. The van der Waals surface area contributed by atoms with Crippen LogP contribution < -0.4 is 4.74 Å². The van der Waals surface area contributed by atoms with Crippen LogP contribution in [0.2, 0.25) is 0 Å². The van der Waals surface area contributed by atoms with Gasteiger partial charge in [0.05, 0.1) is 6.61 Å². The van der Waals surface area contributed by atoms with E-state index >= 15 is 0 Å². The Labute approximate surface area is 109 Å². The molecule has 0 aliphatic carbocycles. The van der Waals surface area contributed by atoms with E-state index in [1.54, 1.807) is 0 Å². The van der Waals surface area contributed by atoms with Gasteiger partial charge < -0.3 is 9.64 Å². The Morgan fingerprint density at radius 2 is 2.00 bits per heavy atom. The van der Waals surface area contributed by atoms with Crippen molar-refractivity contribution in [1.82, 2.24) is 9.80 Å². The third-order valence-corrected chi connectivity index (χ3v) is 4.12. The molecule has 0 unspecified atom stereocenters. The van der Waals surface area contributed by atoms with E-state index in [1.807, 2.05) is 0 Å². The number of hydrogen-bond donors (Lipinski definition) is 0. The molecule has 0 aromatic heterocycles. The molecule has 0 amide bonds. The predicted molar refractivity (Wildman–Crippen MR) is 73.0 cm³/mol. The van der Waals surface area contributed by atoms with E-state index in [1.165, 1.54) is 38.2 Å². The van der Waals surface area contributed by atoms with Crippen molar-refractivity contribution in [2.24, 2.45) is 0 Å². The molecule has 3 rings (SSSR count). The molecule has 18 heavy (non-hydrogen) atoms. The van der Waals surface area contributed by atoms with Gasteiger partial charge in [-0.3, -0.25) is 4.90 Å². The summed E-state index contributed by atoms with van der Waals surface area (Å²) in [5, 5.41) is 0. The quantitative estimate of drug-likeness (QED) is 0.755. The number of likely N-dealkylation sites (N-methyl/N-ethyl adjacent to an activating group) is 1. The van der Waals surface area contributed by atoms with Gasteiger partial charge in [0, 0.05) is 37.7 Å². The van der Waals surface area contributed by atoms with Crippen molar-refractivity contribution < 1.29 is 4.74 Å². The highest BCUT2D eigenvalue weighted by atomic mass is 16.5. The van der Waals surface area contributed by atoms with Crippen LogP contribution in [0.5, 0.6) is 5.75 Å². The summed E-state index contributed by atoms with van der Waals surface area (Å²) in [6.45, 7) is 5.65. The Kier molecular flexibility index (Phi) is 3.52. The minimum absolute atomic E-state index is 0.557. The summed E-state index contributed by atoms with van der Waals surface area (Å²) in [4.78, 5) is 5.08. The Morgan fingerprint density at radius 3 is 2.94 bits per heavy atom. The average molecular weight is 246 g/mol. The fourth-order valence-electron chi connectivity index (χ4n) is 3.08. The summed E-state index contributed by atoms with van der Waals surface area (Å²) >= 11 is 0. The monoisotopic (exact) mass is 246 g/mol. The molecule has 3 nitrogen and oxygen atoms in total. The Morgan fingerprint density at radius 1 is 1.11 bits per heavy atom. The predicted octanol–water partition coefficient (Wildman–Crippen LogP) is 2.15. The highest BCUT2D eigenvalue weighted by Gasteiger charge is 2.27. The summed E-state index contributed by atoms with van der Waals surface area (Å²) < 4.78 is 5.76. The van der Waals surface area contributed by atoms with E-state index in [2.05, 4.69) is 41.1 Å². The van der Waals surface area contributed by atoms with Gasteiger partial charge in [0.2, 0.25) is 0 Å². The smallest absolute Gasteiger partial charge is 0.124 e. The van der Waals surface area contributed by atoms with Crippen LogP contribution >= 0.6 is 0 Å². The summed E-state index contributed by atoms with van der Waals surface area (Å²) in [6, 6.07) is 9.09. The van der Waals surface area contributed by atoms with Gasteiger partial charge in [0.1, 0.15) is 5.75 Å². The molecule has 1 aromatic rings. The molecular formula is C15H22N2O. The van der Waals surface area contributed by atoms with Crippen molar-refractivity contribution in [2.45, 2.75) is 18.9 Å². The first-order valence-electron chi connectivity index (χ1n) is 6.99. The van der Waals surface area contributed by atoms with Gasteiger partial charge in [-0.15, -0.1) is 0 Å². The lowest BCUT2D eigenvalue weighted by atomic mass is 9.99. The van der Waals surface area contributed by atoms with E-state index in [9.17, 15) is 0 Å². The van der Waals surface area contributed by atoms with Crippen LogP contribution in [0.4, 0.5) is 0 Å². The van der Waals surface area contributed by atoms with Crippen LogP contribution in [0.15, 0.2) is 24.3 Å². The zero-order valence-electron chi connectivity index (χ0n) is 11.1. The fourth-order valence-corrected chi connectivity index (χ4v) is 3.08. The highest BCUT2D eigenvalue weighted by molar-refractivity contribution is 5.37. The van der Waals surface area contributed by atoms with Gasteiger partial charge in [-0.05, 0) is 26.1 Å². The van der Waals surface area contributed by atoms with Gasteiger partial charge >= 0.3 is 0 Å². The van der Waals surface area contributed by atoms with Crippen molar-refractivity contribution >= 4 is 0 Å². The number of nitrogens with zero attached hydrogens (tertiary/aromatic N) is 2. The van der Waals surface area contributed by atoms with Gasteiger partial charge in [0.25, 0.3) is 0 Å². The number of rotatable bonds is 1. The van der Waals surface area contributed by atoms with Gasteiger partial charge in [-0.25, -0.2) is 0 Å². The molecule has 0 radical (unpaired) electrons. The minimum atomic E-state index is 0.557. The molecule has 2 aliphatic rings. The number of hydrogen-bond acceptors (Lipinski definition) is 3. The third-order valence-electron chi connectivity index (χ3n) is 4.12. The normalized spacial score (nSPS) is 26.2. The molecule has 1 aromatic carbocycles. The largest absolute Gasteiger partial charge is 0.493 e. The van der Waals surface area contributed by atoms with Crippen LogP contribution in [-0.4, -0.2) is 49.6 Å². The van der Waals surface area contributed by atoms with Crippen molar-refractivity contribution in [3.05, 3.63) is 29.8 Å². The standard InChI is InChI=1S/C15H22N2O/c1-16-8-4-9-17(11-10-16)14-7-12-18-15-6-3-2-5-13(14)15/h2-3,5-6,14H,4,7-12H2,1H3/t14-/m0/s1. The number of benzene rings is 1. The van der Waals surface area contributed by atoms with Crippen LogP contribution in [0, 0.1) is 0 Å². The second kappa shape index (κ2) is 5.29. The molecule has 1 atom stereocenters. The minimum Gasteiger partial charge on any atom is -0.493 e. The van der Waals surface area contributed by atoms with Crippen LogP contribution in [0.3, 0.4) is 0 Å². The second-order valence-corrected chi connectivity index (χ2v) is 5.38. The van der Waals surface area contributed by atoms with E-state index in [-0.39, 0.29) is 0 Å². The molecule has 1 saturated heterocycles. The molecule has 0 bridgehead atoms. The third kappa shape index (κ3) is 2.38. The first kappa shape index (κ1) is 12.0. The Hall–Kier alpha value is -1.06. The summed E-state index contributed by atoms with van der Waals surface area (Å²) in [5.74, 6) is 1.09. The molecule has 2 aliphatic heterocycles. The van der Waals surface area contributed by atoms with Crippen molar-refractivity contribution in [1.29, 1.82) is 0 Å². The Balaban J connectivity index is 1.80. The SMILES string of the molecule is CN1CCCN([C@H]2CCOc3ccccc32)CC1. The first-order chi connectivity index (χ1) is 8.84. The molecule has 1 fully saturated rings. The topological polar surface area (TPSA) is 15.7 Å². The first-order valence-corrected chi connectivity index (χ1v) is 6.99. The summed E-state index contributed by atoms with van der Waals surface area (Å²) in [5.41, 5.74) is 1.38. The molecule has 2 heterocycles. The van der Waals surface area contributed by atoms with Gasteiger partial charge in [-0.2, -0.15) is 0 Å². The van der Waals surface area contributed by atoms with Crippen LogP contribution in [0.25, 0.3) is 0 Å². The zero-order valence-corrected chi connectivity index (χ0v) is 11.1. The average Bonchev–Trinajstić information content (AvgIpc) is 2.63. The molecule has 3 heteroatoms. The lowest BCUT2D eigenvalue weighted by Gasteiger charge is -2.35. The summed E-state index contributed by atoms with van der Waals surface area (Å²) in [6.07, 6.45) is 2.40. The van der Waals surface area contributed by atoms with Crippen LogP contribution in [-0.2, 0) is 0 Å². The molecule has 0 spiro atoms. The van der Waals surface area contributed by atoms with Gasteiger partial charge in [-0.1, -0.05) is 18.2 Å². The van der Waals surface area contributed by atoms with Gasteiger partial charge in [0.15, 0.2) is 0 Å². The maximum atomic E-state index is 5.76. The van der Waals surface area contributed by atoms with E-state index < -0.39 is 0 Å². The summed E-state index contributed by atoms with van der Waals surface area (Å²) in [7, 11) is 2.22. The fraction of sp³-hybridized carbons (Fsp3) is 0.600. The van der Waals surface area contributed by atoms with E-state index in [0.29, 0.717) is 6.04 Å². The number of ether oxygens (including phenoxy) is 1. The molecule has 0 N–H and O–H groups in total. The van der Waals surface area contributed by atoms with E-state index in [4.69, 9.17) is 4.74 Å². The molecule has 98 valence electrons. The van der Waals surface area contributed by atoms with Crippen molar-refractivity contribution in [2.75, 3.05) is 39.8 Å². The second-order valence-electron chi connectivity index (χ2n) is 5.38. The lowest BCUT2D eigenvalue weighted by molar-refractivity contribution is 0.144.